The van der Waals surface area contributed by atoms with E-state index < -0.39 is 34.0 Å². The molecule has 39 heavy (non-hydrogen) atoms. The summed E-state index contributed by atoms with van der Waals surface area (Å²) in [6.45, 7) is 0.826. The van der Waals surface area contributed by atoms with Gasteiger partial charge in [-0.2, -0.15) is 5.10 Å². The molecule has 0 aliphatic heterocycles. The third-order valence-corrected chi connectivity index (χ3v) is 7.74. The Kier molecular flexibility index (Phi) is 7.77. The molecule has 0 spiro atoms. The van der Waals surface area contributed by atoms with Gasteiger partial charge in [0.05, 0.1) is 28.1 Å². The Morgan fingerprint density at radius 2 is 1.56 bits per heavy atom. The number of para-hydroxylation sites is 1. The van der Waals surface area contributed by atoms with Gasteiger partial charge in [0.1, 0.15) is 12.2 Å². The average molecular weight is 548 g/mol. The van der Waals surface area contributed by atoms with E-state index in [0.29, 0.717) is 11.4 Å². The number of hydrogen-bond donors (Lipinski definition) is 2. The standard InChI is InChI=1S/C27H25N5O6S/c1-19-25(26(34)32(30(19)2)21-12-5-3-6-13-21)31(39(37,38)22-14-7-4-8-15-22)18-24(33)29-28-17-20-11-9-10-16-23(20)27(35)36/h3-17H,18H2,1-2H3,(H,29,33)(H,35,36)/b28-17-. The van der Waals surface area contributed by atoms with Gasteiger partial charge in [0.15, 0.2) is 0 Å². The predicted molar refractivity (Wildman–Crippen MR) is 146 cm³/mol. The van der Waals surface area contributed by atoms with E-state index in [2.05, 4.69) is 10.5 Å². The number of benzene rings is 3. The number of hydrogen-bond acceptors (Lipinski definition) is 6. The second-order valence-electron chi connectivity index (χ2n) is 8.42. The van der Waals surface area contributed by atoms with Crippen molar-refractivity contribution in [2.75, 3.05) is 10.8 Å². The highest BCUT2D eigenvalue weighted by molar-refractivity contribution is 7.92. The largest absolute Gasteiger partial charge is 0.478 e. The highest BCUT2D eigenvalue weighted by Gasteiger charge is 2.33. The monoisotopic (exact) mass is 547 g/mol. The summed E-state index contributed by atoms with van der Waals surface area (Å²) in [5.74, 6) is -2.01. The minimum atomic E-state index is -4.36. The second kappa shape index (κ2) is 11.2. The van der Waals surface area contributed by atoms with Crippen LogP contribution in [0.1, 0.15) is 21.6 Å². The summed E-state index contributed by atoms with van der Waals surface area (Å²) in [5.41, 5.74) is 2.45. The zero-order valence-electron chi connectivity index (χ0n) is 21.1. The fourth-order valence-corrected chi connectivity index (χ4v) is 5.48. The van der Waals surface area contributed by atoms with Gasteiger partial charge in [-0.1, -0.05) is 54.6 Å². The molecular formula is C27H25N5O6S. The lowest BCUT2D eigenvalue weighted by Gasteiger charge is -2.22. The van der Waals surface area contributed by atoms with Gasteiger partial charge < -0.3 is 5.11 Å². The molecule has 0 radical (unpaired) electrons. The lowest BCUT2D eigenvalue weighted by molar-refractivity contribution is -0.119. The summed E-state index contributed by atoms with van der Waals surface area (Å²) < 4.78 is 31.0. The number of sulfonamides is 1. The van der Waals surface area contributed by atoms with Crippen LogP contribution in [0.5, 0.6) is 0 Å². The van der Waals surface area contributed by atoms with Crippen LogP contribution in [0.25, 0.3) is 5.69 Å². The van der Waals surface area contributed by atoms with Gasteiger partial charge in [0, 0.05) is 12.6 Å². The van der Waals surface area contributed by atoms with Crippen LogP contribution in [0.4, 0.5) is 5.69 Å². The first-order chi connectivity index (χ1) is 18.6. The lowest BCUT2D eigenvalue weighted by atomic mass is 10.1. The average Bonchev–Trinajstić information content (AvgIpc) is 3.15. The summed E-state index contributed by atoms with van der Waals surface area (Å²) in [6, 6.07) is 22.2. The number of aromatic nitrogens is 2. The SMILES string of the molecule is Cc1c(N(CC(=O)N/N=C\c2ccccc2C(=O)O)S(=O)(=O)c2ccccc2)c(=O)n(-c2ccccc2)n1C. The molecular weight excluding hydrogens is 522 g/mol. The van der Waals surface area contributed by atoms with Crippen molar-refractivity contribution in [3.05, 3.63) is 112 Å². The Balaban J connectivity index is 1.73. The molecule has 4 aromatic rings. The maximum absolute atomic E-state index is 13.7. The van der Waals surface area contributed by atoms with E-state index >= 15 is 0 Å². The third kappa shape index (κ3) is 5.50. The topological polar surface area (TPSA) is 143 Å². The molecule has 0 atom stereocenters. The Morgan fingerprint density at radius 1 is 0.974 bits per heavy atom. The maximum atomic E-state index is 13.7. The molecule has 4 rings (SSSR count). The van der Waals surface area contributed by atoms with Crippen LogP contribution in [0.2, 0.25) is 0 Å². The van der Waals surface area contributed by atoms with Crippen molar-refractivity contribution >= 4 is 33.8 Å². The highest BCUT2D eigenvalue weighted by Crippen LogP contribution is 2.25. The normalized spacial score (nSPS) is 11.4. The Labute approximate surface area is 224 Å². The molecule has 0 saturated carbocycles. The Morgan fingerprint density at radius 3 is 2.21 bits per heavy atom. The van der Waals surface area contributed by atoms with Gasteiger partial charge in [-0.3, -0.25) is 14.3 Å². The first-order valence-corrected chi connectivity index (χ1v) is 13.1. The number of amides is 1. The minimum Gasteiger partial charge on any atom is -0.478 e. The van der Waals surface area contributed by atoms with Crippen LogP contribution in [-0.2, 0) is 21.9 Å². The van der Waals surface area contributed by atoms with Crippen LogP contribution < -0.4 is 15.3 Å². The number of carbonyl (C=O) groups excluding carboxylic acids is 1. The van der Waals surface area contributed by atoms with E-state index in [4.69, 9.17) is 0 Å². The molecule has 0 bridgehead atoms. The molecule has 3 aromatic carbocycles. The van der Waals surface area contributed by atoms with Gasteiger partial charge in [0.25, 0.3) is 21.5 Å². The molecule has 0 aliphatic carbocycles. The summed E-state index contributed by atoms with van der Waals surface area (Å²) in [4.78, 5) is 37.9. The van der Waals surface area contributed by atoms with Crippen molar-refractivity contribution in [2.24, 2.45) is 12.1 Å². The number of anilines is 1. The van der Waals surface area contributed by atoms with E-state index in [1.54, 1.807) is 62.5 Å². The van der Waals surface area contributed by atoms with Crippen molar-refractivity contribution in [1.29, 1.82) is 0 Å². The number of carbonyl (C=O) groups is 2. The molecule has 0 fully saturated rings. The van der Waals surface area contributed by atoms with Crippen LogP contribution in [-0.4, -0.2) is 47.5 Å². The molecule has 11 nitrogen and oxygen atoms in total. The second-order valence-corrected chi connectivity index (χ2v) is 10.3. The summed E-state index contributed by atoms with van der Waals surface area (Å²) in [7, 11) is -2.74. The lowest BCUT2D eigenvalue weighted by Crippen LogP contribution is -2.42. The Bertz CT molecular complexity index is 1710. The summed E-state index contributed by atoms with van der Waals surface area (Å²) in [5, 5.41) is 13.1. The smallest absolute Gasteiger partial charge is 0.336 e. The molecule has 0 unspecified atom stereocenters. The number of nitrogens with one attached hydrogen (secondary N) is 1. The number of rotatable bonds is 9. The molecule has 200 valence electrons. The number of hydrazone groups is 1. The molecule has 1 heterocycles. The number of nitrogens with zero attached hydrogens (tertiary/aromatic N) is 4. The van der Waals surface area contributed by atoms with E-state index in [1.807, 2.05) is 0 Å². The van der Waals surface area contributed by atoms with Gasteiger partial charge in [-0.25, -0.2) is 27.6 Å². The van der Waals surface area contributed by atoms with Crippen LogP contribution in [0.3, 0.4) is 0 Å². The molecule has 2 N–H and O–H groups in total. The first-order valence-electron chi connectivity index (χ1n) is 11.7. The zero-order chi connectivity index (χ0) is 28.2. The van der Waals surface area contributed by atoms with Crippen LogP contribution in [0, 0.1) is 6.92 Å². The van der Waals surface area contributed by atoms with Crippen molar-refractivity contribution in [3.8, 4) is 5.69 Å². The van der Waals surface area contributed by atoms with Crippen LogP contribution in [0.15, 0.2) is 99.7 Å². The number of carboxylic acids is 1. The molecule has 12 heteroatoms. The van der Waals surface area contributed by atoms with E-state index in [1.165, 1.54) is 45.8 Å². The van der Waals surface area contributed by atoms with E-state index in [-0.39, 0.29) is 21.7 Å². The minimum absolute atomic E-state index is 0.0230. The number of aromatic carboxylic acids is 1. The Hall–Kier alpha value is -4.97. The van der Waals surface area contributed by atoms with Crippen molar-refractivity contribution in [1.82, 2.24) is 14.8 Å². The van der Waals surface area contributed by atoms with Crippen molar-refractivity contribution < 1.29 is 23.1 Å². The fourth-order valence-electron chi connectivity index (χ4n) is 3.99. The molecule has 0 aliphatic rings. The van der Waals surface area contributed by atoms with Crippen molar-refractivity contribution in [2.45, 2.75) is 11.8 Å². The maximum Gasteiger partial charge on any atom is 0.336 e. The predicted octanol–water partition coefficient (Wildman–Crippen LogP) is 2.53. The summed E-state index contributed by atoms with van der Waals surface area (Å²) >= 11 is 0. The van der Waals surface area contributed by atoms with Gasteiger partial charge in [-0.15, -0.1) is 0 Å². The van der Waals surface area contributed by atoms with E-state index in [9.17, 15) is 27.9 Å². The fraction of sp³-hybridized carbons (Fsp3) is 0.111. The summed E-state index contributed by atoms with van der Waals surface area (Å²) in [6.07, 6.45) is 1.15. The van der Waals surface area contributed by atoms with Gasteiger partial charge >= 0.3 is 5.97 Å². The number of carboxylic acid groups (broad SMARTS) is 1. The van der Waals surface area contributed by atoms with Crippen LogP contribution >= 0.6 is 0 Å². The molecule has 0 saturated heterocycles. The molecule has 1 aromatic heterocycles. The van der Waals surface area contributed by atoms with Gasteiger partial charge in [-0.05, 0) is 37.3 Å². The zero-order valence-corrected chi connectivity index (χ0v) is 21.9. The van der Waals surface area contributed by atoms with Crippen molar-refractivity contribution in [3.63, 3.8) is 0 Å². The highest BCUT2D eigenvalue weighted by atomic mass is 32.2. The quantitative estimate of drug-likeness (QED) is 0.244. The molecule has 1 amide bonds. The van der Waals surface area contributed by atoms with Gasteiger partial charge in [0.2, 0.25) is 0 Å². The van der Waals surface area contributed by atoms with E-state index in [0.717, 1.165) is 10.5 Å². The first kappa shape index (κ1) is 27.1. The third-order valence-electron chi connectivity index (χ3n) is 5.98.